The molecule has 0 heterocycles. The summed E-state index contributed by atoms with van der Waals surface area (Å²) in [5.74, 6) is -0.930. The molecule has 10 heteroatoms. The molecule has 3 aliphatic rings. The predicted molar refractivity (Wildman–Crippen MR) is 138 cm³/mol. The Morgan fingerprint density at radius 3 is 2.36 bits per heavy atom. The van der Waals surface area contributed by atoms with Gasteiger partial charge in [-0.1, -0.05) is 11.8 Å². The Kier molecular flexibility index (Phi) is 6.04. The molecule has 0 saturated heterocycles. The average Bonchev–Trinajstić information content (AvgIpc) is 2.86. The SMILES string of the molecule is CC(=O)Nc1ccc(C#Cc2ccc(O)c3c2CC2CC4CC(=O)C(C(N)=O)=C(O)C4(O)C(=O)C2=C3O)cc1. The number of hydrogen-bond donors (Lipinski definition) is 6. The summed E-state index contributed by atoms with van der Waals surface area (Å²) in [6, 6.07) is 9.76. The lowest BCUT2D eigenvalue weighted by atomic mass is 9.59. The largest absolute Gasteiger partial charge is 0.508 e. The summed E-state index contributed by atoms with van der Waals surface area (Å²) in [6.07, 6.45) is -0.187. The van der Waals surface area contributed by atoms with Crippen molar-refractivity contribution in [2.75, 3.05) is 5.32 Å². The highest BCUT2D eigenvalue weighted by atomic mass is 16.3. The van der Waals surface area contributed by atoms with E-state index in [0.717, 1.165) is 0 Å². The zero-order valence-electron chi connectivity index (χ0n) is 20.7. The summed E-state index contributed by atoms with van der Waals surface area (Å²) >= 11 is 0. The number of ketones is 2. The molecular weight excluding hydrogens is 504 g/mol. The number of carbonyl (C=O) groups is 4. The van der Waals surface area contributed by atoms with Gasteiger partial charge in [0.05, 0.1) is 5.56 Å². The second-order valence-electron chi connectivity index (χ2n) is 9.90. The molecule has 0 bridgehead atoms. The van der Waals surface area contributed by atoms with Crippen LogP contribution < -0.4 is 11.1 Å². The zero-order valence-corrected chi connectivity index (χ0v) is 20.7. The van der Waals surface area contributed by atoms with Crippen LogP contribution >= 0.6 is 0 Å². The van der Waals surface area contributed by atoms with Gasteiger partial charge in [-0.3, -0.25) is 19.2 Å². The summed E-state index contributed by atoms with van der Waals surface area (Å²) in [7, 11) is 0. The van der Waals surface area contributed by atoms with Crippen molar-refractivity contribution in [3.8, 4) is 17.6 Å². The molecule has 7 N–H and O–H groups in total. The summed E-state index contributed by atoms with van der Waals surface area (Å²) in [5, 5.41) is 46.4. The molecular formula is C29H24N2O8. The number of amides is 2. The van der Waals surface area contributed by atoms with Crippen LogP contribution in [0, 0.1) is 23.7 Å². The van der Waals surface area contributed by atoms with Gasteiger partial charge in [-0.05, 0) is 60.7 Å². The van der Waals surface area contributed by atoms with Crippen molar-refractivity contribution in [1.82, 2.24) is 0 Å². The van der Waals surface area contributed by atoms with E-state index in [1.807, 2.05) is 0 Å². The molecule has 2 amide bonds. The highest BCUT2D eigenvalue weighted by molar-refractivity contribution is 6.22. The van der Waals surface area contributed by atoms with Gasteiger partial charge in [0, 0.05) is 41.6 Å². The van der Waals surface area contributed by atoms with E-state index in [2.05, 4.69) is 17.2 Å². The van der Waals surface area contributed by atoms with Crippen molar-refractivity contribution in [2.45, 2.75) is 31.8 Å². The number of anilines is 1. The maximum absolute atomic E-state index is 13.6. The lowest BCUT2D eigenvalue weighted by molar-refractivity contribution is -0.147. The van der Waals surface area contributed by atoms with Crippen molar-refractivity contribution in [1.29, 1.82) is 0 Å². The number of nitrogens with two attached hydrogens (primary N) is 1. The Hall–Kier alpha value is -4.88. The summed E-state index contributed by atoms with van der Waals surface area (Å²) in [4.78, 5) is 49.0. The number of hydrogen-bond acceptors (Lipinski definition) is 8. The molecule has 2 aromatic carbocycles. The molecule has 3 unspecified atom stereocenters. The third-order valence-corrected chi connectivity index (χ3v) is 7.49. The lowest BCUT2D eigenvalue weighted by Crippen LogP contribution is -2.58. The van der Waals surface area contributed by atoms with Crippen LogP contribution in [-0.2, 0) is 25.6 Å². The second kappa shape index (κ2) is 9.15. The van der Waals surface area contributed by atoms with Gasteiger partial charge >= 0.3 is 0 Å². The number of Topliss-reactive ketones (excluding diaryl/α,β-unsaturated/α-hetero) is 2. The van der Waals surface area contributed by atoms with Crippen LogP contribution in [0.4, 0.5) is 5.69 Å². The first-order valence-corrected chi connectivity index (χ1v) is 12.1. The normalized spacial score (nSPS) is 23.7. The van der Waals surface area contributed by atoms with Gasteiger partial charge in [0.25, 0.3) is 5.91 Å². The van der Waals surface area contributed by atoms with Crippen molar-refractivity contribution in [3.63, 3.8) is 0 Å². The van der Waals surface area contributed by atoms with E-state index in [0.29, 0.717) is 22.4 Å². The first-order chi connectivity index (χ1) is 18.4. The molecule has 3 atom stereocenters. The van der Waals surface area contributed by atoms with E-state index < -0.39 is 52.0 Å². The average molecular weight is 529 g/mol. The van der Waals surface area contributed by atoms with Gasteiger partial charge in [0.2, 0.25) is 11.7 Å². The number of rotatable bonds is 2. The molecule has 1 saturated carbocycles. The summed E-state index contributed by atoms with van der Waals surface area (Å²) < 4.78 is 0. The Morgan fingerprint density at radius 1 is 1.03 bits per heavy atom. The van der Waals surface area contributed by atoms with Crippen LogP contribution in [0.15, 0.2) is 53.3 Å². The van der Waals surface area contributed by atoms with Crippen LogP contribution in [0.25, 0.3) is 5.76 Å². The zero-order chi connectivity index (χ0) is 28.2. The number of benzene rings is 2. The number of aliphatic hydroxyl groups excluding tert-OH is 2. The number of primary amides is 1. The Labute approximate surface area is 222 Å². The summed E-state index contributed by atoms with van der Waals surface area (Å²) in [5.41, 5.74) is 3.78. The van der Waals surface area contributed by atoms with E-state index in [9.17, 15) is 39.6 Å². The molecule has 1 fully saturated rings. The molecule has 0 radical (unpaired) electrons. The highest BCUT2D eigenvalue weighted by Crippen LogP contribution is 2.52. The van der Waals surface area contributed by atoms with E-state index in [1.54, 1.807) is 30.3 Å². The molecule has 3 aliphatic carbocycles. The Balaban J connectivity index is 1.57. The maximum Gasteiger partial charge on any atom is 0.255 e. The number of phenolic OH excluding ortho intramolecular Hbond substituents is 1. The van der Waals surface area contributed by atoms with Crippen molar-refractivity contribution in [2.24, 2.45) is 17.6 Å². The number of carbonyl (C=O) groups excluding carboxylic acids is 4. The number of fused-ring (bicyclic) bond motifs is 3. The van der Waals surface area contributed by atoms with E-state index >= 15 is 0 Å². The van der Waals surface area contributed by atoms with E-state index in [-0.39, 0.29) is 42.1 Å². The number of nitrogens with one attached hydrogen (secondary N) is 1. The maximum atomic E-state index is 13.6. The predicted octanol–water partition coefficient (Wildman–Crippen LogP) is 1.78. The van der Waals surface area contributed by atoms with Crippen LogP contribution in [0.5, 0.6) is 5.75 Å². The lowest BCUT2D eigenvalue weighted by Gasteiger charge is -2.46. The van der Waals surface area contributed by atoms with Crippen molar-refractivity contribution in [3.05, 3.63) is 75.6 Å². The number of aromatic hydroxyl groups is 1. The minimum Gasteiger partial charge on any atom is -0.508 e. The standard InChI is InChI=1S/C29H24N2O8/c1-13(32)31-18-7-3-14(4-8-18)2-5-15-6-9-20(33)23-19(15)11-16-10-17-12-21(34)24(28(30)38)27(37)29(17,39)26(36)22(16)25(23)35/h3-4,6-9,16-17,33,35,37,39H,10-12H2,1H3,(H2,30,38)(H,31,32). The number of phenols is 1. The van der Waals surface area contributed by atoms with Crippen LogP contribution in [0.2, 0.25) is 0 Å². The third kappa shape index (κ3) is 4.04. The topological polar surface area (TPSA) is 187 Å². The van der Waals surface area contributed by atoms with Crippen LogP contribution in [0.3, 0.4) is 0 Å². The van der Waals surface area contributed by atoms with Crippen molar-refractivity contribution < 1.29 is 39.6 Å². The fraction of sp³-hybridized carbons (Fsp3) is 0.241. The van der Waals surface area contributed by atoms with Gasteiger partial charge in [-0.15, -0.1) is 0 Å². The smallest absolute Gasteiger partial charge is 0.255 e. The van der Waals surface area contributed by atoms with Crippen LogP contribution in [-0.4, -0.2) is 49.4 Å². The quantitative estimate of drug-likeness (QED) is 0.251. The second-order valence-corrected chi connectivity index (χ2v) is 9.90. The van der Waals surface area contributed by atoms with Crippen LogP contribution in [0.1, 0.15) is 42.0 Å². The molecule has 5 rings (SSSR count). The fourth-order valence-electron chi connectivity index (χ4n) is 5.72. The first-order valence-electron chi connectivity index (χ1n) is 12.1. The van der Waals surface area contributed by atoms with E-state index in [1.165, 1.54) is 13.0 Å². The minimum atomic E-state index is -2.61. The molecule has 0 aliphatic heterocycles. The molecule has 2 aromatic rings. The van der Waals surface area contributed by atoms with Gasteiger partial charge in [-0.2, -0.15) is 0 Å². The molecule has 198 valence electrons. The first kappa shape index (κ1) is 25.8. The van der Waals surface area contributed by atoms with E-state index in [4.69, 9.17) is 5.73 Å². The van der Waals surface area contributed by atoms with Gasteiger partial charge in [-0.25, -0.2) is 0 Å². The Morgan fingerprint density at radius 2 is 1.72 bits per heavy atom. The molecule has 0 spiro atoms. The minimum absolute atomic E-state index is 0.0186. The summed E-state index contributed by atoms with van der Waals surface area (Å²) in [6.45, 7) is 1.40. The monoisotopic (exact) mass is 528 g/mol. The molecule has 10 nitrogen and oxygen atoms in total. The number of aliphatic hydroxyl groups is 3. The molecule has 39 heavy (non-hydrogen) atoms. The molecule has 0 aromatic heterocycles. The highest BCUT2D eigenvalue weighted by Gasteiger charge is 2.60. The Bertz CT molecular complexity index is 1610. The van der Waals surface area contributed by atoms with Gasteiger partial charge in [0.1, 0.15) is 22.8 Å². The van der Waals surface area contributed by atoms with Gasteiger partial charge in [0.15, 0.2) is 11.4 Å². The third-order valence-electron chi connectivity index (χ3n) is 7.49. The van der Waals surface area contributed by atoms with Gasteiger partial charge < -0.3 is 31.5 Å². The fourth-order valence-corrected chi connectivity index (χ4v) is 5.72. The van der Waals surface area contributed by atoms with Crippen molar-refractivity contribution >= 4 is 34.8 Å².